The van der Waals surface area contributed by atoms with E-state index in [4.69, 9.17) is 9.97 Å². The van der Waals surface area contributed by atoms with Crippen LogP contribution in [0, 0.1) is 0 Å². The Morgan fingerprint density at radius 2 is 1.03 bits per heavy atom. The fourth-order valence-corrected chi connectivity index (χ4v) is 4.33. The third kappa shape index (κ3) is 5.19. The van der Waals surface area contributed by atoms with Crippen molar-refractivity contribution in [1.82, 2.24) is 19.1 Å². The van der Waals surface area contributed by atoms with Crippen molar-refractivity contribution in [2.45, 2.75) is 39.1 Å². The molecule has 0 aliphatic rings. The summed E-state index contributed by atoms with van der Waals surface area (Å²) >= 11 is 0. The Morgan fingerprint density at radius 3 is 1.42 bits per heavy atom. The Morgan fingerprint density at radius 1 is 0.639 bits per heavy atom. The van der Waals surface area contributed by atoms with Gasteiger partial charge in [0.25, 0.3) is 0 Å². The minimum Gasteiger partial charge on any atom is -0.392 e. The van der Waals surface area contributed by atoms with Crippen LogP contribution in [0.3, 0.4) is 0 Å². The van der Waals surface area contributed by atoms with E-state index in [1.54, 1.807) is 13.8 Å². The van der Waals surface area contributed by atoms with Crippen LogP contribution in [-0.2, 0) is 13.1 Å². The lowest BCUT2D eigenvalue weighted by Crippen LogP contribution is -2.18. The highest BCUT2D eigenvalue weighted by Gasteiger charge is 2.13. The number of para-hydroxylation sites is 4. The van der Waals surface area contributed by atoms with E-state index in [-0.39, 0.29) is 0 Å². The molecule has 4 N–H and O–H groups in total. The van der Waals surface area contributed by atoms with Crippen LogP contribution in [0.1, 0.15) is 25.0 Å². The topological polar surface area (TPSA) is 100 Å². The van der Waals surface area contributed by atoms with E-state index < -0.39 is 12.2 Å². The van der Waals surface area contributed by atoms with Crippen molar-refractivity contribution < 1.29 is 10.2 Å². The molecule has 5 aromatic rings. The molecule has 0 spiro atoms. The molecule has 2 aromatic heterocycles. The van der Waals surface area contributed by atoms with Crippen LogP contribution in [0.5, 0.6) is 0 Å². The number of nitrogens with zero attached hydrogens (tertiary/aromatic N) is 4. The van der Waals surface area contributed by atoms with Crippen molar-refractivity contribution in [3.8, 4) is 0 Å². The number of hydrogen-bond donors (Lipinski definition) is 4. The molecular weight excluding hydrogens is 452 g/mol. The maximum Gasteiger partial charge on any atom is 0.204 e. The van der Waals surface area contributed by atoms with Crippen molar-refractivity contribution >= 4 is 34.0 Å². The minimum absolute atomic E-state index is 0.437. The summed E-state index contributed by atoms with van der Waals surface area (Å²) in [6.45, 7) is 5.72. The van der Waals surface area contributed by atoms with E-state index in [2.05, 4.69) is 56.2 Å². The largest absolute Gasteiger partial charge is 0.392 e. The summed E-state index contributed by atoms with van der Waals surface area (Å²) in [6.07, 6.45) is -0.923. The van der Waals surface area contributed by atoms with Crippen LogP contribution in [0.25, 0.3) is 22.1 Å². The molecule has 0 amide bonds. The number of hydrogen-bond acceptors (Lipinski definition) is 6. The zero-order chi connectivity index (χ0) is 25.1. The molecule has 0 aliphatic carbocycles. The van der Waals surface area contributed by atoms with Crippen LogP contribution in [0.2, 0.25) is 0 Å². The Balaban J connectivity index is 1.39. The molecular formula is C28H32N6O2. The molecule has 0 aliphatic heterocycles. The fraction of sp³-hybridized carbons (Fsp3) is 0.286. The van der Waals surface area contributed by atoms with E-state index in [1.807, 2.05) is 36.4 Å². The summed E-state index contributed by atoms with van der Waals surface area (Å²) in [5, 5.41) is 26.0. The number of anilines is 2. The Labute approximate surface area is 210 Å². The van der Waals surface area contributed by atoms with Gasteiger partial charge in [0.05, 0.1) is 47.4 Å². The monoisotopic (exact) mass is 484 g/mol. The highest BCUT2D eigenvalue weighted by atomic mass is 16.3. The second kappa shape index (κ2) is 10.4. The van der Waals surface area contributed by atoms with Gasteiger partial charge in [-0.3, -0.25) is 0 Å². The maximum atomic E-state index is 9.73. The molecule has 5 rings (SSSR count). The number of nitrogens with one attached hydrogen (secondary N) is 2. The van der Waals surface area contributed by atoms with E-state index in [1.165, 1.54) is 0 Å². The van der Waals surface area contributed by atoms with Gasteiger partial charge in [-0.1, -0.05) is 48.5 Å². The number of aliphatic hydroxyl groups is 2. The van der Waals surface area contributed by atoms with Crippen molar-refractivity contribution in [1.29, 1.82) is 0 Å². The summed E-state index contributed by atoms with van der Waals surface area (Å²) in [4.78, 5) is 9.44. The third-order valence-electron chi connectivity index (χ3n) is 6.12. The van der Waals surface area contributed by atoms with Gasteiger partial charge >= 0.3 is 0 Å². The number of benzene rings is 3. The average Bonchev–Trinajstić information content (AvgIpc) is 3.40. The molecule has 186 valence electrons. The number of aromatic nitrogens is 4. The lowest BCUT2D eigenvalue weighted by Gasteiger charge is -2.14. The summed E-state index contributed by atoms with van der Waals surface area (Å²) in [5.41, 5.74) is 6.26. The van der Waals surface area contributed by atoms with Gasteiger partial charge in [-0.25, -0.2) is 9.97 Å². The van der Waals surface area contributed by atoms with Crippen molar-refractivity contribution in [2.24, 2.45) is 0 Å². The number of aliphatic hydroxyl groups excluding tert-OH is 2. The SMILES string of the molecule is CC(O)CNc1nc2ccccc2n1Cc1ccc(Cn2c(NCC(C)O)nc3ccccc32)cc1. The van der Waals surface area contributed by atoms with Crippen LogP contribution in [0.4, 0.5) is 11.9 Å². The third-order valence-corrected chi connectivity index (χ3v) is 6.12. The average molecular weight is 485 g/mol. The first-order valence-corrected chi connectivity index (χ1v) is 12.3. The summed E-state index contributed by atoms with van der Waals surface area (Å²) in [6, 6.07) is 24.7. The fourth-order valence-electron chi connectivity index (χ4n) is 4.33. The zero-order valence-corrected chi connectivity index (χ0v) is 20.6. The van der Waals surface area contributed by atoms with E-state index in [0.29, 0.717) is 26.2 Å². The molecule has 0 radical (unpaired) electrons. The molecule has 2 atom stereocenters. The first-order chi connectivity index (χ1) is 17.5. The molecule has 2 heterocycles. The number of rotatable bonds is 10. The van der Waals surface area contributed by atoms with Crippen LogP contribution in [0.15, 0.2) is 72.8 Å². The second-order valence-corrected chi connectivity index (χ2v) is 9.30. The molecule has 0 saturated carbocycles. The standard InChI is InChI=1S/C28H32N6O2/c1-19(35)15-29-27-31-23-7-3-5-9-25(23)33(27)17-21-11-13-22(14-12-21)18-34-26-10-6-4-8-24(26)32-28(34)30-16-20(2)36/h3-14,19-20,35-36H,15-18H2,1-2H3,(H,29,31)(H,30,32). The molecule has 3 aromatic carbocycles. The molecule has 36 heavy (non-hydrogen) atoms. The van der Waals surface area contributed by atoms with Gasteiger partial charge in [-0.05, 0) is 49.2 Å². The summed E-state index contributed by atoms with van der Waals surface area (Å²) in [7, 11) is 0. The van der Waals surface area contributed by atoms with Crippen molar-refractivity contribution in [3.05, 3.63) is 83.9 Å². The highest BCUT2D eigenvalue weighted by Crippen LogP contribution is 2.23. The predicted octanol–water partition coefficient (Wildman–Crippen LogP) is 4.07. The lowest BCUT2D eigenvalue weighted by atomic mass is 10.1. The van der Waals surface area contributed by atoms with E-state index >= 15 is 0 Å². The van der Waals surface area contributed by atoms with Gasteiger partial charge in [0.15, 0.2) is 0 Å². The molecule has 2 unspecified atom stereocenters. The van der Waals surface area contributed by atoms with Gasteiger partial charge in [0.2, 0.25) is 11.9 Å². The van der Waals surface area contributed by atoms with Crippen molar-refractivity contribution in [2.75, 3.05) is 23.7 Å². The summed E-state index contributed by atoms with van der Waals surface area (Å²) < 4.78 is 4.29. The predicted molar refractivity (Wildman–Crippen MR) is 144 cm³/mol. The number of imidazole rings is 2. The molecule has 0 fully saturated rings. The van der Waals surface area contributed by atoms with Crippen LogP contribution < -0.4 is 10.6 Å². The Hall–Kier alpha value is -3.88. The smallest absolute Gasteiger partial charge is 0.204 e. The number of fused-ring (bicyclic) bond motifs is 2. The first kappa shape index (κ1) is 23.8. The van der Waals surface area contributed by atoms with Gasteiger partial charge in [-0.2, -0.15) is 0 Å². The van der Waals surface area contributed by atoms with Crippen LogP contribution in [-0.4, -0.2) is 54.6 Å². The maximum absolute atomic E-state index is 9.73. The van der Waals surface area contributed by atoms with E-state index in [0.717, 1.165) is 45.1 Å². The second-order valence-electron chi connectivity index (χ2n) is 9.30. The minimum atomic E-state index is -0.461. The van der Waals surface area contributed by atoms with Gasteiger partial charge in [0, 0.05) is 13.1 Å². The quantitative estimate of drug-likeness (QED) is 0.239. The van der Waals surface area contributed by atoms with Crippen LogP contribution >= 0.6 is 0 Å². The van der Waals surface area contributed by atoms with Gasteiger partial charge < -0.3 is 30.0 Å². The van der Waals surface area contributed by atoms with Gasteiger partial charge in [-0.15, -0.1) is 0 Å². The molecule has 8 nitrogen and oxygen atoms in total. The highest BCUT2D eigenvalue weighted by molar-refractivity contribution is 5.79. The zero-order valence-electron chi connectivity index (χ0n) is 20.6. The molecule has 8 heteroatoms. The first-order valence-electron chi connectivity index (χ1n) is 12.3. The normalized spacial score (nSPS) is 13.2. The van der Waals surface area contributed by atoms with Gasteiger partial charge in [0.1, 0.15) is 0 Å². The molecule has 0 bridgehead atoms. The Kier molecular flexibility index (Phi) is 6.88. The van der Waals surface area contributed by atoms with E-state index in [9.17, 15) is 10.2 Å². The van der Waals surface area contributed by atoms with Crippen molar-refractivity contribution in [3.63, 3.8) is 0 Å². The summed E-state index contributed by atoms with van der Waals surface area (Å²) in [5.74, 6) is 1.50. The Bertz CT molecular complexity index is 1340. The lowest BCUT2D eigenvalue weighted by molar-refractivity contribution is 0.207. The molecule has 0 saturated heterocycles.